The molecule has 0 spiro atoms. The summed E-state index contributed by atoms with van der Waals surface area (Å²) >= 11 is 0. The van der Waals surface area contributed by atoms with Gasteiger partial charge in [-0.05, 0) is 12.8 Å². The molecule has 0 aliphatic rings. The molecule has 0 bridgehead atoms. The van der Waals surface area contributed by atoms with Gasteiger partial charge >= 0.3 is 0 Å². The van der Waals surface area contributed by atoms with E-state index in [0.717, 1.165) is 31.7 Å². The Morgan fingerprint density at radius 2 is 1.73 bits per heavy atom. The lowest BCUT2D eigenvalue weighted by Gasteiger charge is -2.10. The molecule has 7 heteroatoms. The Bertz CT molecular complexity index is 433. The van der Waals surface area contributed by atoms with Crippen LogP contribution in [0.25, 0.3) is 0 Å². The Balaban J connectivity index is 0.00000441. The van der Waals surface area contributed by atoms with Gasteiger partial charge in [0.25, 0.3) is 0 Å². The zero-order valence-corrected chi connectivity index (χ0v) is 15.8. The van der Waals surface area contributed by atoms with Gasteiger partial charge in [-0.25, -0.2) is 0 Å². The molecule has 0 aromatic heterocycles. The summed E-state index contributed by atoms with van der Waals surface area (Å²) in [6.45, 7) is 4.11. The quantitative estimate of drug-likeness (QED) is 0.276. The minimum absolute atomic E-state index is 0. The number of aliphatic imine (C=N–C) groups is 1. The van der Waals surface area contributed by atoms with E-state index in [1.807, 2.05) is 12.1 Å². The van der Waals surface area contributed by atoms with Gasteiger partial charge in [0.1, 0.15) is 17.2 Å². The lowest BCUT2D eigenvalue weighted by atomic mass is 10.3. The lowest BCUT2D eigenvalue weighted by Crippen LogP contribution is -2.33. The maximum absolute atomic E-state index is 5.69. The molecule has 1 aromatic rings. The van der Waals surface area contributed by atoms with Gasteiger partial charge in [-0.15, -0.1) is 24.0 Å². The van der Waals surface area contributed by atoms with Crippen molar-refractivity contribution in [2.24, 2.45) is 10.7 Å². The number of guanidine groups is 1. The summed E-state index contributed by atoms with van der Waals surface area (Å²) in [6, 6.07) is 5.46. The highest BCUT2D eigenvalue weighted by molar-refractivity contribution is 14.0. The molecule has 6 nitrogen and oxygen atoms in total. The van der Waals surface area contributed by atoms with Crippen molar-refractivity contribution in [2.45, 2.75) is 19.8 Å². The van der Waals surface area contributed by atoms with Crippen LogP contribution in [-0.4, -0.2) is 39.9 Å². The third-order valence-electron chi connectivity index (χ3n) is 2.73. The number of hydrogen-bond donors (Lipinski definition) is 2. The highest BCUT2D eigenvalue weighted by Crippen LogP contribution is 2.27. The summed E-state index contributed by atoms with van der Waals surface area (Å²) in [7, 11) is 3.22. The van der Waals surface area contributed by atoms with Crippen molar-refractivity contribution in [3.63, 3.8) is 0 Å². The van der Waals surface area contributed by atoms with Crippen molar-refractivity contribution >= 4 is 29.9 Å². The zero-order chi connectivity index (χ0) is 15.5. The second-order valence-electron chi connectivity index (χ2n) is 4.44. The average molecular weight is 423 g/mol. The second kappa shape index (κ2) is 12.2. The van der Waals surface area contributed by atoms with E-state index < -0.39 is 0 Å². The summed E-state index contributed by atoms with van der Waals surface area (Å²) in [6.07, 6.45) is 1.81. The van der Waals surface area contributed by atoms with Crippen molar-refractivity contribution in [3.05, 3.63) is 18.2 Å². The van der Waals surface area contributed by atoms with Crippen molar-refractivity contribution in [1.82, 2.24) is 5.32 Å². The Labute approximate surface area is 149 Å². The van der Waals surface area contributed by atoms with Crippen molar-refractivity contribution in [1.29, 1.82) is 0 Å². The van der Waals surface area contributed by atoms with E-state index in [9.17, 15) is 0 Å². The summed E-state index contributed by atoms with van der Waals surface area (Å²) in [5, 5.41) is 3.05. The molecule has 126 valence electrons. The first-order valence-corrected chi connectivity index (χ1v) is 7.09. The topological polar surface area (TPSA) is 78.1 Å². The van der Waals surface area contributed by atoms with E-state index in [1.165, 1.54) is 0 Å². The largest absolute Gasteiger partial charge is 0.496 e. The van der Waals surface area contributed by atoms with E-state index in [2.05, 4.69) is 17.2 Å². The first-order chi connectivity index (χ1) is 10.2. The number of nitrogens with one attached hydrogen (secondary N) is 1. The Morgan fingerprint density at radius 1 is 1.14 bits per heavy atom. The van der Waals surface area contributed by atoms with Crippen LogP contribution in [0.2, 0.25) is 0 Å². The molecule has 1 aromatic carbocycles. The van der Waals surface area contributed by atoms with Crippen LogP contribution in [-0.2, 0) is 0 Å². The summed E-state index contributed by atoms with van der Waals surface area (Å²) in [5.74, 6) is 2.62. The molecule has 0 aliphatic heterocycles. The number of nitrogens with two attached hydrogens (primary N) is 1. The zero-order valence-electron chi connectivity index (χ0n) is 13.4. The normalized spacial score (nSPS) is 10.6. The number of rotatable bonds is 9. The molecular formula is C15H26IN3O3. The van der Waals surface area contributed by atoms with Crippen LogP contribution in [0.1, 0.15) is 19.8 Å². The van der Waals surface area contributed by atoms with Crippen molar-refractivity contribution in [3.8, 4) is 17.2 Å². The van der Waals surface area contributed by atoms with E-state index in [-0.39, 0.29) is 24.0 Å². The van der Waals surface area contributed by atoms with Gasteiger partial charge in [-0.1, -0.05) is 6.92 Å². The van der Waals surface area contributed by atoms with E-state index in [4.69, 9.17) is 19.9 Å². The third-order valence-corrected chi connectivity index (χ3v) is 2.73. The molecule has 0 atom stereocenters. The Morgan fingerprint density at radius 3 is 2.27 bits per heavy atom. The summed E-state index contributed by atoms with van der Waals surface area (Å²) < 4.78 is 16.1. The molecule has 0 radical (unpaired) electrons. The average Bonchev–Trinajstić information content (AvgIpc) is 2.52. The molecule has 0 fully saturated rings. The second-order valence-corrected chi connectivity index (χ2v) is 4.44. The minimum atomic E-state index is 0. The van der Waals surface area contributed by atoms with Crippen LogP contribution in [0.4, 0.5) is 0 Å². The number of methoxy groups -OCH3 is 2. The van der Waals surface area contributed by atoms with Crippen molar-refractivity contribution < 1.29 is 14.2 Å². The Kier molecular flexibility index (Phi) is 11.4. The fraction of sp³-hybridized carbons (Fsp3) is 0.533. The van der Waals surface area contributed by atoms with Gasteiger partial charge in [-0.3, -0.25) is 4.99 Å². The molecule has 0 unspecified atom stereocenters. The molecule has 0 amide bonds. The van der Waals surface area contributed by atoms with Gasteiger partial charge in [-0.2, -0.15) is 0 Å². The van der Waals surface area contributed by atoms with Crippen LogP contribution >= 0.6 is 24.0 Å². The molecule has 0 aliphatic carbocycles. The highest BCUT2D eigenvalue weighted by atomic mass is 127. The maximum atomic E-state index is 5.69. The molecule has 3 N–H and O–H groups in total. The van der Waals surface area contributed by atoms with Gasteiger partial charge in [0.2, 0.25) is 0 Å². The highest BCUT2D eigenvalue weighted by Gasteiger charge is 2.02. The molecule has 0 saturated carbocycles. The van der Waals surface area contributed by atoms with Crippen LogP contribution in [0.5, 0.6) is 17.2 Å². The predicted molar refractivity (Wildman–Crippen MR) is 99.9 cm³/mol. The number of nitrogens with zero attached hydrogens (tertiary/aromatic N) is 1. The lowest BCUT2D eigenvalue weighted by molar-refractivity contribution is 0.305. The molecule has 0 saturated heterocycles. The standard InChI is InChI=1S/C15H25N3O3.HI/c1-4-6-17-15(16)18-7-5-8-21-14-10-12(19-2)9-13(11-14)20-3;/h9-11H,4-8H2,1-3H3,(H3,16,17,18);1H. The SMILES string of the molecule is CCCN=C(N)NCCCOc1cc(OC)cc(OC)c1.I. The summed E-state index contributed by atoms with van der Waals surface area (Å²) in [4.78, 5) is 4.15. The number of halogens is 1. The number of hydrogen-bond acceptors (Lipinski definition) is 4. The smallest absolute Gasteiger partial charge is 0.188 e. The first-order valence-electron chi connectivity index (χ1n) is 7.09. The summed E-state index contributed by atoms with van der Waals surface area (Å²) in [5.41, 5.74) is 5.69. The number of benzene rings is 1. The van der Waals surface area contributed by atoms with Gasteiger partial charge < -0.3 is 25.3 Å². The molecule has 1 rings (SSSR count). The third kappa shape index (κ3) is 8.16. The first kappa shape index (κ1) is 20.6. The van der Waals surface area contributed by atoms with Crippen LogP contribution in [0, 0.1) is 0 Å². The molecular weight excluding hydrogens is 397 g/mol. The van der Waals surface area contributed by atoms with Crippen LogP contribution < -0.4 is 25.3 Å². The number of ether oxygens (including phenoxy) is 3. The van der Waals surface area contributed by atoms with Crippen LogP contribution in [0.15, 0.2) is 23.2 Å². The van der Waals surface area contributed by atoms with Crippen molar-refractivity contribution in [2.75, 3.05) is 33.9 Å². The van der Waals surface area contributed by atoms with Gasteiger partial charge in [0.15, 0.2) is 5.96 Å². The Hall–Kier alpha value is -1.38. The van der Waals surface area contributed by atoms with Gasteiger partial charge in [0, 0.05) is 31.3 Å². The van der Waals surface area contributed by atoms with E-state index >= 15 is 0 Å². The monoisotopic (exact) mass is 423 g/mol. The maximum Gasteiger partial charge on any atom is 0.188 e. The minimum Gasteiger partial charge on any atom is -0.496 e. The fourth-order valence-electron chi connectivity index (χ4n) is 1.63. The molecule has 0 heterocycles. The molecule has 22 heavy (non-hydrogen) atoms. The fourth-order valence-corrected chi connectivity index (χ4v) is 1.63. The van der Waals surface area contributed by atoms with Gasteiger partial charge in [0.05, 0.1) is 20.8 Å². The predicted octanol–water partition coefficient (Wildman–Crippen LogP) is 2.40. The van der Waals surface area contributed by atoms with E-state index in [0.29, 0.717) is 24.1 Å². The van der Waals surface area contributed by atoms with Crippen LogP contribution in [0.3, 0.4) is 0 Å². The van der Waals surface area contributed by atoms with E-state index in [1.54, 1.807) is 20.3 Å².